The molecule has 0 N–H and O–H groups in total. The van der Waals surface area contributed by atoms with E-state index in [2.05, 4.69) is 4.74 Å². The molecule has 1 aliphatic heterocycles. The minimum Gasteiger partial charge on any atom is -0.469 e. The first-order chi connectivity index (χ1) is 6.74. The van der Waals surface area contributed by atoms with Gasteiger partial charge < -0.3 is 14.4 Å². The Balaban J connectivity index is 2.16. The van der Waals surface area contributed by atoms with Gasteiger partial charge in [0.05, 0.1) is 13.7 Å². The predicted octanol–water partition coefficient (Wildman–Crippen LogP) is -0.202. The number of rotatable bonds is 4. The maximum Gasteiger partial charge on any atom is 0.305 e. The summed E-state index contributed by atoms with van der Waals surface area (Å²) in [5.41, 5.74) is 0. The molecule has 0 unspecified atom stereocenters. The van der Waals surface area contributed by atoms with Crippen molar-refractivity contribution >= 4 is 11.9 Å². The van der Waals surface area contributed by atoms with Crippen molar-refractivity contribution in [3.8, 4) is 0 Å². The molecule has 80 valence electrons. The molecule has 14 heavy (non-hydrogen) atoms. The van der Waals surface area contributed by atoms with Crippen molar-refractivity contribution in [3.63, 3.8) is 0 Å². The lowest BCUT2D eigenvalue weighted by Gasteiger charge is -2.26. The SMILES string of the molecule is COC(=O)CCCN1CCOCC1=O. The third-order valence-corrected chi connectivity index (χ3v) is 2.12. The third kappa shape index (κ3) is 3.33. The molecule has 0 saturated carbocycles. The maximum atomic E-state index is 11.2. The van der Waals surface area contributed by atoms with Gasteiger partial charge in [0.2, 0.25) is 5.91 Å². The Morgan fingerprint density at radius 2 is 2.43 bits per heavy atom. The molecular weight excluding hydrogens is 186 g/mol. The molecule has 0 bridgehead atoms. The van der Waals surface area contributed by atoms with Gasteiger partial charge in [0.15, 0.2) is 0 Å². The second-order valence-electron chi connectivity index (χ2n) is 3.11. The average Bonchev–Trinajstić information content (AvgIpc) is 2.20. The molecule has 1 amide bonds. The van der Waals surface area contributed by atoms with Gasteiger partial charge in [-0.2, -0.15) is 0 Å². The molecule has 1 fully saturated rings. The number of methoxy groups -OCH3 is 1. The lowest BCUT2D eigenvalue weighted by molar-refractivity contribution is -0.144. The summed E-state index contributed by atoms with van der Waals surface area (Å²) in [6.07, 6.45) is 1.01. The Bertz CT molecular complexity index is 217. The van der Waals surface area contributed by atoms with Crippen LogP contribution in [0.15, 0.2) is 0 Å². The predicted molar refractivity (Wildman–Crippen MR) is 48.6 cm³/mol. The largest absolute Gasteiger partial charge is 0.469 e. The van der Waals surface area contributed by atoms with Crippen molar-refractivity contribution in [2.45, 2.75) is 12.8 Å². The Kier molecular flexibility index (Phi) is 4.39. The lowest BCUT2D eigenvalue weighted by Crippen LogP contribution is -2.42. The van der Waals surface area contributed by atoms with E-state index in [9.17, 15) is 9.59 Å². The molecule has 0 aromatic carbocycles. The van der Waals surface area contributed by atoms with Crippen LogP contribution in [0.4, 0.5) is 0 Å². The second-order valence-corrected chi connectivity index (χ2v) is 3.11. The zero-order valence-corrected chi connectivity index (χ0v) is 8.32. The summed E-state index contributed by atoms with van der Waals surface area (Å²) in [7, 11) is 1.36. The first-order valence-electron chi connectivity index (χ1n) is 4.66. The number of nitrogens with zero attached hydrogens (tertiary/aromatic N) is 1. The van der Waals surface area contributed by atoms with Gasteiger partial charge in [0.25, 0.3) is 0 Å². The monoisotopic (exact) mass is 201 g/mol. The zero-order chi connectivity index (χ0) is 10.4. The highest BCUT2D eigenvalue weighted by molar-refractivity contribution is 5.78. The van der Waals surface area contributed by atoms with Gasteiger partial charge in [-0.3, -0.25) is 9.59 Å². The third-order valence-electron chi connectivity index (χ3n) is 2.12. The molecule has 0 aliphatic carbocycles. The number of amides is 1. The molecule has 0 spiro atoms. The molecule has 5 nitrogen and oxygen atoms in total. The van der Waals surface area contributed by atoms with Gasteiger partial charge in [0.1, 0.15) is 6.61 Å². The normalized spacial score (nSPS) is 16.9. The standard InChI is InChI=1S/C9H15NO4/c1-13-9(12)3-2-4-10-5-6-14-7-8(10)11/h2-7H2,1H3. The summed E-state index contributed by atoms with van der Waals surface area (Å²) in [5.74, 6) is -0.230. The van der Waals surface area contributed by atoms with Gasteiger partial charge in [-0.25, -0.2) is 0 Å². The van der Waals surface area contributed by atoms with Crippen LogP contribution in [0.25, 0.3) is 0 Å². The van der Waals surface area contributed by atoms with E-state index in [-0.39, 0.29) is 18.5 Å². The van der Waals surface area contributed by atoms with E-state index in [0.29, 0.717) is 32.5 Å². The van der Waals surface area contributed by atoms with Crippen LogP contribution in [0.3, 0.4) is 0 Å². The fourth-order valence-electron chi connectivity index (χ4n) is 1.30. The van der Waals surface area contributed by atoms with E-state index in [1.807, 2.05) is 0 Å². The van der Waals surface area contributed by atoms with Crippen LogP contribution < -0.4 is 0 Å². The first kappa shape index (κ1) is 11.0. The lowest BCUT2D eigenvalue weighted by atomic mass is 10.3. The maximum absolute atomic E-state index is 11.2. The fourth-order valence-corrected chi connectivity index (χ4v) is 1.30. The molecule has 0 aromatic heterocycles. The van der Waals surface area contributed by atoms with E-state index in [0.717, 1.165) is 0 Å². The van der Waals surface area contributed by atoms with E-state index in [4.69, 9.17) is 4.74 Å². The molecule has 1 heterocycles. The van der Waals surface area contributed by atoms with Gasteiger partial charge >= 0.3 is 5.97 Å². The highest BCUT2D eigenvalue weighted by atomic mass is 16.5. The fraction of sp³-hybridized carbons (Fsp3) is 0.778. The summed E-state index contributed by atoms with van der Waals surface area (Å²) in [5, 5.41) is 0. The van der Waals surface area contributed by atoms with Crippen LogP contribution in [0.5, 0.6) is 0 Å². The highest BCUT2D eigenvalue weighted by Gasteiger charge is 2.17. The van der Waals surface area contributed by atoms with E-state index < -0.39 is 0 Å². The van der Waals surface area contributed by atoms with Crippen molar-refractivity contribution < 1.29 is 19.1 Å². The van der Waals surface area contributed by atoms with E-state index in [1.165, 1.54) is 7.11 Å². The number of hydrogen-bond donors (Lipinski definition) is 0. The molecule has 1 rings (SSSR count). The van der Waals surface area contributed by atoms with Gasteiger partial charge in [-0.15, -0.1) is 0 Å². The summed E-state index contributed by atoms with van der Waals surface area (Å²) in [4.78, 5) is 23.7. The number of morpholine rings is 1. The Morgan fingerprint density at radius 1 is 1.64 bits per heavy atom. The van der Waals surface area contributed by atoms with Crippen LogP contribution in [0.1, 0.15) is 12.8 Å². The minimum absolute atomic E-state index is 0.00103. The molecule has 0 radical (unpaired) electrons. The Morgan fingerprint density at radius 3 is 3.07 bits per heavy atom. The topological polar surface area (TPSA) is 55.8 Å². The summed E-state index contributed by atoms with van der Waals surface area (Å²) < 4.78 is 9.48. The van der Waals surface area contributed by atoms with Crippen molar-refractivity contribution in [1.82, 2.24) is 4.90 Å². The minimum atomic E-state index is -0.231. The zero-order valence-electron chi connectivity index (χ0n) is 8.32. The molecule has 0 aromatic rings. The molecule has 1 aliphatic rings. The number of ether oxygens (including phenoxy) is 2. The molecule has 1 saturated heterocycles. The molecule has 0 atom stereocenters. The first-order valence-corrected chi connectivity index (χ1v) is 4.66. The van der Waals surface area contributed by atoms with Gasteiger partial charge in [0, 0.05) is 19.5 Å². The van der Waals surface area contributed by atoms with Crippen LogP contribution in [-0.4, -0.2) is 50.2 Å². The summed E-state index contributed by atoms with van der Waals surface area (Å²) in [6.45, 7) is 1.99. The summed E-state index contributed by atoms with van der Waals surface area (Å²) in [6, 6.07) is 0. The average molecular weight is 201 g/mol. The quantitative estimate of drug-likeness (QED) is 0.591. The smallest absolute Gasteiger partial charge is 0.305 e. The van der Waals surface area contributed by atoms with Crippen LogP contribution >= 0.6 is 0 Å². The van der Waals surface area contributed by atoms with Crippen molar-refractivity contribution in [1.29, 1.82) is 0 Å². The number of hydrogen-bond acceptors (Lipinski definition) is 4. The van der Waals surface area contributed by atoms with Crippen LogP contribution in [0.2, 0.25) is 0 Å². The molecular formula is C9H15NO4. The Hall–Kier alpha value is -1.10. The van der Waals surface area contributed by atoms with Crippen molar-refractivity contribution in [3.05, 3.63) is 0 Å². The Labute approximate surface area is 83.0 Å². The van der Waals surface area contributed by atoms with Crippen LogP contribution in [-0.2, 0) is 19.1 Å². The number of esters is 1. The van der Waals surface area contributed by atoms with Crippen molar-refractivity contribution in [2.75, 3.05) is 33.4 Å². The number of carbonyl (C=O) groups excluding carboxylic acids is 2. The number of carbonyl (C=O) groups is 2. The highest BCUT2D eigenvalue weighted by Crippen LogP contribution is 2.02. The van der Waals surface area contributed by atoms with Gasteiger partial charge in [-0.1, -0.05) is 0 Å². The molecule has 5 heteroatoms. The van der Waals surface area contributed by atoms with E-state index in [1.54, 1.807) is 4.90 Å². The summed E-state index contributed by atoms with van der Waals surface area (Å²) >= 11 is 0. The van der Waals surface area contributed by atoms with Crippen LogP contribution in [0, 0.1) is 0 Å². The van der Waals surface area contributed by atoms with E-state index >= 15 is 0 Å². The van der Waals surface area contributed by atoms with Crippen molar-refractivity contribution in [2.24, 2.45) is 0 Å². The second kappa shape index (κ2) is 5.59. The van der Waals surface area contributed by atoms with Gasteiger partial charge in [-0.05, 0) is 6.42 Å².